The van der Waals surface area contributed by atoms with Crippen molar-refractivity contribution in [3.63, 3.8) is 0 Å². The Labute approximate surface area is 737 Å². The molecule has 0 aliphatic carbocycles. The average molecular weight is 1820 g/mol. The summed E-state index contributed by atoms with van der Waals surface area (Å²) in [5, 5.41) is 77.9. The van der Waals surface area contributed by atoms with Crippen LogP contribution in [0.5, 0.6) is 5.75 Å². The summed E-state index contributed by atoms with van der Waals surface area (Å²) in [5.41, 5.74) is 1.93. The highest BCUT2D eigenvalue weighted by Crippen LogP contribution is 2.34. The number of carbonyl (C=O) groups excluding carboxylic acids is 14. The number of carboxylic acid groups (broad SMARTS) is 5. The molecule has 4 rings (SSSR count). The number of thiazole rings is 1. The molecule has 0 saturated carbocycles. The summed E-state index contributed by atoms with van der Waals surface area (Å²) in [4.78, 5) is 237. The highest BCUT2D eigenvalue weighted by molar-refractivity contribution is 8.76. The number of aromatic nitrogens is 1. The molecule has 1 aliphatic heterocycles. The fourth-order valence-corrected chi connectivity index (χ4v) is 15.6. The molecule has 0 spiro atoms. The van der Waals surface area contributed by atoms with Crippen LogP contribution in [0.25, 0.3) is 0 Å². The third-order valence-electron chi connectivity index (χ3n) is 19.7. The number of phenolic OH excluding ortho intramolecular Hbond substituents is 1. The Balaban J connectivity index is 0.000000825. The molecule has 125 heavy (non-hydrogen) atoms. The number of phenols is 1. The molecule has 1 aliphatic rings. The maximum absolute atomic E-state index is 14.9. The number of carboxylic acids is 5. The normalized spacial score (nSPS) is 14.6. The quantitative estimate of drug-likeness (QED) is 0.00960. The first kappa shape index (κ1) is 110. The highest BCUT2D eigenvalue weighted by Gasteiger charge is 2.41. The topological polar surface area (TPSA) is 589 Å². The number of ether oxygens (including phenoxy) is 3. The van der Waals surface area contributed by atoms with Crippen molar-refractivity contribution in [2.45, 2.75) is 233 Å². The van der Waals surface area contributed by atoms with Crippen LogP contribution in [0, 0.1) is 29.6 Å². The second-order valence-electron chi connectivity index (χ2n) is 30.0. The summed E-state index contributed by atoms with van der Waals surface area (Å²) >= 11 is 1.11. The predicted molar refractivity (Wildman–Crippen MR) is 456 cm³/mol. The van der Waals surface area contributed by atoms with Gasteiger partial charge in [0.2, 0.25) is 23.6 Å². The van der Waals surface area contributed by atoms with Crippen LogP contribution in [0.2, 0.25) is 0 Å². The number of ketones is 2. The standard InChI is InChI=1S/C47H71N5O11S.C35H50N6O15S2.CO2/c1-10-15-42(56)62-28-52(47(60)36(30(6)11-2)24-40(55)38-16-13-14-21-51(38)9)39(29(4)5)25-41(63-32(8)53)46-50-37(27-64-46)45(59)49-34(23-33-17-19-35(54)20-18-33)22-31(7)44(58)48-26-43(57)61-12-3;1-2-57-58-19-25(33(53)54)40-31(50)22(16-29(46)47)15-26(42)24(17-30(48)49)39-27(43)14-20-8-10-21(11-9-20)18-38-34(55)36-12-4-3-6-23(32(51)52)41-35(56)37-13-5-7-28(44)45;2-1-3/h17-20,27,29-31,34,36,38-39,41,54H,10-16,21-26,28H2,1-9H3,(H,48,58)(H,49,59);8-11,22-25H,2-7,12-19H2,1H3,(H,39,43)(H,40,50)(H,44,45)(H,46,47)(H,48,49)(H,51,52)(H,53,54)(H2,36,38,55)(H2,37,41,56);/t30?,31-,34+,36-,38+,39+,41+;22-,23-,24-,25-;/m00./s1. The van der Waals surface area contributed by atoms with E-state index in [4.69, 9.17) is 28.9 Å². The Hall–Kier alpha value is -11.1. The number of piperidine rings is 1. The number of hydrogen-bond acceptors (Lipinski definition) is 28. The Morgan fingerprint density at radius 1 is 0.656 bits per heavy atom. The van der Waals surface area contributed by atoms with Crippen LogP contribution in [0.1, 0.15) is 210 Å². The van der Waals surface area contributed by atoms with Crippen LogP contribution in [-0.2, 0) is 110 Å². The summed E-state index contributed by atoms with van der Waals surface area (Å²) < 4.78 is 16.5. The molecule has 42 heteroatoms. The maximum Gasteiger partial charge on any atom is 0.373 e. The summed E-state index contributed by atoms with van der Waals surface area (Å²) in [6.45, 7) is 16.8. The minimum absolute atomic E-state index is 0.00767. The second kappa shape index (κ2) is 60.5. The highest BCUT2D eigenvalue weighted by atomic mass is 33.1. The van der Waals surface area contributed by atoms with E-state index in [0.717, 1.165) is 42.7 Å². The molecule has 2 heterocycles. The van der Waals surface area contributed by atoms with E-state index in [2.05, 4.69) is 52.4 Å². The Morgan fingerprint density at radius 3 is 1.87 bits per heavy atom. The van der Waals surface area contributed by atoms with E-state index >= 15 is 0 Å². The van der Waals surface area contributed by atoms with Crippen LogP contribution >= 0.6 is 32.9 Å². The number of likely N-dealkylation sites (N-methyl/N-ethyl adjacent to an activating group) is 1. The molecule has 3 aromatic rings. The number of Topliss-reactive ketones (excluding diaryl/α,β-unsaturated/α-hetero) is 2. The molecule has 0 radical (unpaired) electrons. The van der Waals surface area contributed by atoms with E-state index < -0.39 is 163 Å². The van der Waals surface area contributed by atoms with E-state index in [0.29, 0.717) is 54.0 Å². The molecular weight excluding hydrogens is 1700 g/mol. The number of unbranched alkanes of at least 4 members (excludes halogenated alkanes) is 1. The average Bonchev–Trinajstić information content (AvgIpc) is 1.74. The summed E-state index contributed by atoms with van der Waals surface area (Å²) in [5.74, 6) is -14.7. The molecule has 14 N–H and O–H groups in total. The number of likely N-dealkylation sites (tertiary alicyclic amines) is 1. The number of benzene rings is 2. The van der Waals surface area contributed by atoms with Gasteiger partial charge in [0.1, 0.15) is 35.1 Å². The number of aromatic hydroxyl groups is 1. The molecule has 2 aromatic carbocycles. The fraction of sp³-hybridized carbons (Fsp3) is 0.602. The van der Waals surface area contributed by atoms with Gasteiger partial charge in [0.25, 0.3) is 5.91 Å². The third-order valence-corrected chi connectivity index (χ3v) is 23.1. The Bertz CT molecular complexity index is 4050. The lowest BCUT2D eigenvalue weighted by atomic mass is 9.82. The van der Waals surface area contributed by atoms with Crippen molar-refractivity contribution in [3.8, 4) is 5.75 Å². The van der Waals surface area contributed by atoms with Gasteiger partial charge in [-0.15, -0.1) is 11.3 Å². The fourth-order valence-electron chi connectivity index (χ4n) is 12.9. The van der Waals surface area contributed by atoms with Gasteiger partial charge >= 0.3 is 66.0 Å². The Kier molecular flexibility index (Phi) is 53.2. The van der Waals surface area contributed by atoms with Gasteiger partial charge in [0, 0.05) is 99.5 Å². The van der Waals surface area contributed by atoms with Crippen LogP contribution in [0.15, 0.2) is 53.9 Å². The molecule has 1 unspecified atom stereocenters. The van der Waals surface area contributed by atoms with E-state index in [1.165, 1.54) is 45.5 Å². The first-order valence-electron chi connectivity index (χ1n) is 41.2. The molecule has 1 saturated heterocycles. The minimum Gasteiger partial charge on any atom is -0.508 e. The van der Waals surface area contributed by atoms with Crippen molar-refractivity contribution < 1.29 is 136 Å². The monoisotopic (exact) mass is 1820 g/mol. The zero-order valence-corrected chi connectivity index (χ0v) is 74.6. The van der Waals surface area contributed by atoms with Crippen LogP contribution in [0.4, 0.5) is 9.59 Å². The number of urea groups is 2. The predicted octanol–water partition coefficient (Wildman–Crippen LogP) is 6.36. The van der Waals surface area contributed by atoms with Gasteiger partial charge in [-0.3, -0.25) is 67.2 Å². The molecule has 39 nitrogen and oxygen atoms in total. The lowest BCUT2D eigenvalue weighted by molar-refractivity contribution is -0.192. The van der Waals surface area contributed by atoms with Gasteiger partial charge in [-0.05, 0) is 119 Å². The van der Waals surface area contributed by atoms with Gasteiger partial charge in [0.15, 0.2) is 24.4 Å². The number of hydrogen-bond donors (Lipinski definition) is 14. The van der Waals surface area contributed by atoms with E-state index in [9.17, 15) is 107 Å². The van der Waals surface area contributed by atoms with Crippen LogP contribution in [-0.4, -0.2) is 247 Å². The molecule has 1 aromatic heterocycles. The molecular formula is C83H121N11O28S3. The number of aliphatic carboxylic acids is 5. The summed E-state index contributed by atoms with van der Waals surface area (Å²) in [7, 11) is 4.46. The lowest BCUT2D eigenvalue weighted by Gasteiger charge is -2.39. The molecule has 1 fully saturated rings. The van der Waals surface area contributed by atoms with E-state index in [1.807, 2.05) is 48.6 Å². The van der Waals surface area contributed by atoms with Gasteiger partial charge in [-0.2, -0.15) is 9.59 Å². The summed E-state index contributed by atoms with van der Waals surface area (Å²) in [6.07, 6.45) is 1.96. The van der Waals surface area contributed by atoms with Crippen molar-refractivity contribution in [2.75, 3.05) is 58.1 Å². The molecule has 11 atom stereocenters. The number of carbonyl (C=O) groups is 17. The third kappa shape index (κ3) is 44.9. The number of esters is 3. The summed E-state index contributed by atoms with van der Waals surface area (Å²) in [6, 6.07) is 5.90. The van der Waals surface area contributed by atoms with Crippen LogP contribution < -0.4 is 42.5 Å². The second-order valence-corrected chi connectivity index (χ2v) is 33.7. The number of nitrogens with zero attached hydrogens (tertiary/aromatic N) is 3. The SMILES string of the molecule is CCCC(=O)OCN(C(=O)[C@@H](CC(=O)[C@H]1CCCCN1C)C(C)CC)[C@H](C[C@@H](OC(C)=O)c1nc(C(=O)N[C@@H](Cc2ccc(O)cc2)C[C@H](C)C(=O)NCC(=O)OCC)cs1)C(C)C.CCSSC[C@H](NC(=O)[C@H](CC(=O)O)CC(=O)[C@H](CC(=O)O)NC(=O)Cc1ccc(CNC(=O)NCCCC[C@H](NC(=O)NCCCC(=O)O)C(=O)O)cc1)C(=O)O.O=C=O. The van der Waals surface area contributed by atoms with Crippen molar-refractivity contribution in [2.24, 2.45) is 29.6 Å². The molecule has 0 bridgehead atoms. The number of nitrogens with one attached hydrogen (secondary N) is 8. The van der Waals surface area contributed by atoms with E-state index in [-0.39, 0.29) is 144 Å². The molecule has 9 amide bonds. The lowest BCUT2D eigenvalue weighted by Crippen LogP contribution is -2.50. The zero-order chi connectivity index (χ0) is 93.8. The van der Waals surface area contributed by atoms with Crippen LogP contribution in [0.3, 0.4) is 0 Å². The molecule has 694 valence electrons. The maximum atomic E-state index is 14.9. The number of rotatable bonds is 56. The smallest absolute Gasteiger partial charge is 0.373 e. The van der Waals surface area contributed by atoms with Crippen molar-refractivity contribution in [3.05, 3.63) is 81.3 Å². The van der Waals surface area contributed by atoms with Crippen molar-refractivity contribution in [1.29, 1.82) is 0 Å². The first-order chi connectivity index (χ1) is 59.2. The number of amides is 9. The van der Waals surface area contributed by atoms with Crippen molar-refractivity contribution in [1.82, 2.24) is 57.3 Å². The van der Waals surface area contributed by atoms with Gasteiger partial charge in [-0.25, -0.2) is 24.2 Å². The van der Waals surface area contributed by atoms with Gasteiger partial charge in [-0.1, -0.05) is 119 Å². The van der Waals surface area contributed by atoms with E-state index in [1.54, 1.807) is 55.6 Å². The largest absolute Gasteiger partial charge is 0.508 e. The van der Waals surface area contributed by atoms with Gasteiger partial charge in [0.05, 0.1) is 43.9 Å². The van der Waals surface area contributed by atoms with Gasteiger partial charge < -0.3 is 92.3 Å². The minimum atomic E-state index is -1.62. The zero-order valence-electron chi connectivity index (χ0n) is 72.2. The van der Waals surface area contributed by atoms with Crippen molar-refractivity contribution >= 4 is 140 Å². The first-order valence-corrected chi connectivity index (χ1v) is 44.5. The Morgan fingerprint density at radius 2 is 1.29 bits per heavy atom.